The number of benzene rings is 2. The van der Waals surface area contributed by atoms with Crippen LogP contribution in [0.3, 0.4) is 0 Å². The van der Waals surface area contributed by atoms with Crippen molar-refractivity contribution in [1.82, 2.24) is 0 Å². The first-order chi connectivity index (χ1) is 11.5. The second kappa shape index (κ2) is 8.67. The third-order valence-corrected chi connectivity index (χ3v) is 3.09. The van der Waals surface area contributed by atoms with Crippen molar-refractivity contribution in [2.45, 2.75) is 19.4 Å². The van der Waals surface area contributed by atoms with Gasteiger partial charge in [0.05, 0.1) is 13.0 Å². The number of para-hydroxylation sites is 1. The Balaban J connectivity index is 1.73. The predicted octanol–water partition coefficient (Wildman–Crippen LogP) is 3.17. The Kier molecular flexibility index (Phi) is 6.31. The van der Waals surface area contributed by atoms with Crippen LogP contribution in [-0.4, -0.2) is 24.6 Å². The maximum atomic E-state index is 13.1. The molecule has 1 N–H and O–H groups in total. The van der Waals surface area contributed by atoms with Gasteiger partial charge in [-0.2, -0.15) is 0 Å². The van der Waals surface area contributed by atoms with Crippen LogP contribution in [0.1, 0.15) is 13.3 Å². The average molecular weight is 331 g/mol. The number of carbonyl (C=O) groups excluding carboxylic acids is 2. The van der Waals surface area contributed by atoms with E-state index in [0.29, 0.717) is 11.4 Å². The molecule has 1 amide bonds. The molecule has 0 saturated heterocycles. The van der Waals surface area contributed by atoms with Crippen LogP contribution in [0.5, 0.6) is 5.75 Å². The largest absolute Gasteiger partial charge is 0.493 e. The third-order valence-electron chi connectivity index (χ3n) is 3.09. The Hall–Kier alpha value is -2.89. The van der Waals surface area contributed by atoms with Gasteiger partial charge < -0.3 is 14.8 Å². The molecule has 6 heteroatoms. The summed E-state index contributed by atoms with van der Waals surface area (Å²) in [5.74, 6) is -0.886. The molecule has 0 aromatic heterocycles. The molecule has 2 aromatic rings. The van der Waals surface area contributed by atoms with Crippen LogP contribution in [0.2, 0.25) is 0 Å². The fourth-order valence-corrected chi connectivity index (χ4v) is 1.89. The van der Waals surface area contributed by atoms with E-state index in [4.69, 9.17) is 9.47 Å². The number of esters is 1. The molecule has 5 nitrogen and oxygen atoms in total. The van der Waals surface area contributed by atoms with Crippen LogP contribution >= 0.6 is 0 Å². The van der Waals surface area contributed by atoms with Crippen molar-refractivity contribution in [1.29, 1.82) is 0 Å². The van der Waals surface area contributed by atoms with Gasteiger partial charge in [-0.15, -0.1) is 0 Å². The van der Waals surface area contributed by atoms with Crippen molar-refractivity contribution >= 4 is 17.6 Å². The minimum Gasteiger partial charge on any atom is -0.493 e. The van der Waals surface area contributed by atoms with E-state index in [-0.39, 0.29) is 13.0 Å². The summed E-state index contributed by atoms with van der Waals surface area (Å²) < 4.78 is 23.5. The molecule has 1 atom stereocenters. The van der Waals surface area contributed by atoms with Crippen LogP contribution in [0, 0.1) is 5.82 Å². The molecule has 0 aliphatic carbocycles. The molecule has 0 aliphatic rings. The third kappa shape index (κ3) is 5.72. The average Bonchev–Trinajstić information content (AvgIpc) is 2.55. The van der Waals surface area contributed by atoms with E-state index >= 15 is 0 Å². The minimum absolute atomic E-state index is 0.0203. The lowest BCUT2D eigenvalue weighted by Crippen LogP contribution is -2.30. The van der Waals surface area contributed by atoms with Gasteiger partial charge in [-0.3, -0.25) is 9.59 Å². The van der Waals surface area contributed by atoms with E-state index in [1.807, 2.05) is 18.2 Å². The second-order valence-corrected chi connectivity index (χ2v) is 5.04. The summed E-state index contributed by atoms with van der Waals surface area (Å²) in [7, 11) is 0. The van der Waals surface area contributed by atoms with E-state index in [1.54, 1.807) is 18.2 Å². The van der Waals surface area contributed by atoms with Crippen molar-refractivity contribution in [2.24, 2.45) is 0 Å². The zero-order chi connectivity index (χ0) is 17.4. The van der Waals surface area contributed by atoms with Crippen LogP contribution in [-0.2, 0) is 14.3 Å². The molecule has 0 bridgehead atoms. The van der Waals surface area contributed by atoms with Crippen LogP contribution in [0.15, 0.2) is 54.6 Å². The SMILES string of the molecule is C[C@H](OC(=O)CCOc1ccccc1)C(=O)Nc1cccc(F)c1. The summed E-state index contributed by atoms with van der Waals surface area (Å²) >= 11 is 0. The highest BCUT2D eigenvalue weighted by Crippen LogP contribution is 2.11. The normalized spacial score (nSPS) is 11.4. The fraction of sp³-hybridized carbons (Fsp3) is 0.222. The van der Waals surface area contributed by atoms with Gasteiger partial charge in [-0.25, -0.2) is 4.39 Å². The molecule has 24 heavy (non-hydrogen) atoms. The van der Waals surface area contributed by atoms with Gasteiger partial charge in [-0.1, -0.05) is 24.3 Å². The summed E-state index contributed by atoms with van der Waals surface area (Å²) in [6.07, 6.45) is -0.968. The quantitative estimate of drug-likeness (QED) is 0.792. The van der Waals surface area contributed by atoms with Crippen molar-refractivity contribution in [3.63, 3.8) is 0 Å². The Morgan fingerprint density at radius 3 is 2.58 bits per heavy atom. The maximum Gasteiger partial charge on any atom is 0.310 e. The predicted molar refractivity (Wildman–Crippen MR) is 87.1 cm³/mol. The molecule has 0 unspecified atom stereocenters. The number of halogens is 1. The Morgan fingerprint density at radius 1 is 1.12 bits per heavy atom. The first kappa shape index (κ1) is 17.5. The Morgan fingerprint density at radius 2 is 1.88 bits per heavy atom. The number of amides is 1. The fourth-order valence-electron chi connectivity index (χ4n) is 1.89. The van der Waals surface area contributed by atoms with E-state index in [2.05, 4.69) is 5.32 Å². The van der Waals surface area contributed by atoms with Gasteiger partial charge in [0, 0.05) is 5.69 Å². The second-order valence-electron chi connectivity index (χ2n) is 5.04. The molecular weight excluding hydrogens is 313 g/mol. The standard InChI is InChI=1S/C18H18FNO4/c1-13(18(22)20-15-7-5-6-14(19)12-15)24-17(21)10-11-23-16-8-3-2-4-9-16/h2-9,12-13H,10-11H2,1H3,(H,20,22)/t13-/m0/s1. The summed E-state index contributed by atoms with van der Waals surface area (Å²) in [5, 5.41) is 2.48. The molecular formula is C18H18FNO4. The van der Waals surface area contributed by atoms with Crippen molar-refractivity contribution in [3.05, 3.63) is 60.4 Å². The number of carbonyl (C=O) groups is 2. The highest BCUT2D eigenvalue weighted by molar-refractivity contribution is 5.95. The highest BCUT2D eigenvalue weighted by atomic mass is 19.1. The van der Waals surface area contributed by atoms with E-state index in [9.17, 15) is 14.0 Å². The Labute approximate surface area is 139 Å². The van der Waals surface area contributed by atoms with Crippen LogP contribution < -0.4 is 10.1 Å². The van der Waals surface area contributed by atoms with Gasteiger partial charge >= 0.3 is 5.97 Å². The lowest BCUT2D eigenvalue weighted by atomic mass is 10.3. The summed E-state index contributed by atoms with van der Waals surface area (Å²) in [6, 6.07) is 14.5. The Bertz CT molecular complexity index is 690. The topological polar surface area (TPSA) is 64.6 Å². The smallest absolute Gasteiger partial charge is 0.310 e. The number of anilines is 1. The van der Waals surface area contributed by atoms with Crippen molar-refractivity contribution in [2.75, 3.05) is 11.9 Å². The molecule has 2 rings (SSSR count). The van der Waals surface area contributed by atoms with E-state index < -0.39 is 23.8 Å². The number of nitrogens with one attached hydrogen (secondary N) is 1. The molecule has 2 aromatic carbocycles. The van der Waals surface area contributed by atoms with Gasteiger partial charge in [0.25, 0.3) is 5.91 Å². The zero-order valence-electron chi connectivity index (χ0n) is 13.2. The summed E-state index contributed by atoms with van der Waals surface area (Å²) in [6.45, 7) is 1.60. The molecule has 0 radical (unpaired) electrons. The maximum absolute atomic E-state index is 13.1. The van der Waals surface area contributed by atoms with Gasteiger partial charge in [0.15, 0.2) is 6.10 Å². The monoisotopic (exact) mass is 331 g/mol. The van der Waals surface area contributed by atoms with Crippen molar-refractivity contribution < 1.29 is 23.5 Å². The number of ether oxygens (including phenoxy) is 2. The van der Waals surface area contributed by atoms with Crippen molar-refractivity contribution in [3.8, 4) is 5.75 Å². The number of hydrogen-bond acceptors (Lipinski definition) is 4. The zero-order valence-corrected chi connectivity index (χ0v) is 13.2. The van der Waals surface area contributed by atoms with E-state index in [0.717, 1.165) is 0 Å². The molecule has 0 aliphatic heterocycles. The lowest BCUT2D eigenvalue weighted by Gasteiger charge is -2.14. The van der Waals surface area contributed by atoms with Gasteiger partial charge in [-0.05, 0) is 37.3 Å². The summed E-state index contributed by atoms with van der Waals surface area (Å²) in [4.78, 5) is 23.6. The van der Waals surface area contributed by atoms with Crippen LogP contribution in [0.4, 0.5) is 10.1 Å². The lowest BCUT2D eigenvalue weighted by molar-refractivity contribution is -0.153. The number of hydrogen-bond donors (Lipinski definition) is 1. The molecule has 0 fully saturated rings. The summed E-state index contributed by atoms with van der Waals surface area (Å²) in [5.41, 5.74) is 0.301. The minimum atomic E-state index is -0.988. The highest BCUT2D eigenvalue weighted by Gasteiger charge is 2.18. The first-order valence-corrected chi connectivity index (χ1v) is 7.48. The van der Waals surface area contributed by atoms with Gasteiger partial charge in [0.2, 0.25) is 0 Å². The molecule has 0 heterocycles. The van der Waals surface area contributed by atoms with Gasteiger partial charge in [0.1, 0.15) is 11.6 Å². The number of rotatable bonds is 7. The molecule has 126 valence electrons. The van der Waals surface area contributed by atoms with Crippen LogP contribution in [0.25, 0.3) is 0 Å². The molecule has 0 spiro atoms. The van der Waals surface area contributed by atoms with E-state index in [1.165, 1.54) is 25.1 Å². The first-order valence-electron chi connectivity index (χ1n) is 7.48. The molecule has 0 saturated carbocycles.